The van der Waals surface area contributed by atoms with Crippen molar-refractivity contribution in [3.8, 4) is 11.3 Å². The standard InChI is InChI=1S/C20H25F2N3O2/c1-12-9-13(5-6-15(12)21)17-10-23-18(24-17)14-7-8-25(11-16(14)22)19(26)27-20(2,3)4/h5-6,9-10,14,16H,7-8,11H2,1-4H3,(H,23,24). The summed E-state index contributed by atoms with van der Waals surface area (Å²) in [4.78, 5) is 21.0. The van der Waals surface area contributed by atoms with Crippen molar-refractivity contribution in [2.45, 2.75) is 51.8 Å². The second-order valence-corrected chi connectivity index (χ2v) is 7.98. The van der Waals surface area contributed by atoms with Crippen molar-refractivity contribution >= 4 is 6.09 Å². The number of aromatic nitrogens is 2. The minimum Gasteiger partial charge on any atom is -0.444 e. The van der Waals surface area contributed by atoms with Crippen molar-refractivity contribution in [1.29, 1.82) is 0 Å². The zero-order chi connectivity index (χ0) is 19.8. The smallest absolute Gasteiger partial charge is 0.410 e. The van der Waals surface area contributed by atoms with Crippen LogP contribution in [0.25, 0.3) is 11.3 Å². The molecule has 3 rings (SSSR count). The van der Waals surface area contributed by atoms with Crippen LogP contribution in [0.3, 0.4) is 0 Å². The number of ether oxygens (including phenoxy) is 1. The number of hydrogen-bond acceptors (Lipinski definition) is 3. The number of hydrogen-bond donors (Lipinski definition) is 1. The maximum atomic E-state index is 14.7. The van der Waals surface area contributed by atoms with Crippen LogP contribution >= 0.6 is 0 Å². The van der Waals surface area contributed by atoms with Crippen molar-refractivity contribution in [2.75, 3.05) is 13.1 Å². The Morgan fingerprint density at radius 3 is 2.74 bits per heavy atom. The minimum absolute atomic E-state index is 0.0225. The van der Waals surface area contributed by atoms with Crippen LogP contribution in [0.1, 0.15) is 44.5 Å². The third kappa shape index (κ3) is 4.46. The van der Waals surface area contributed by atoms with E-state index in [2.05, 4.69) is 9.97 Å². The Hall–Kier alpha value is -2.44. The number of piperidine rings is 1. The van der Waals surface area contributed by atoms with Crippen LogP contribution < -0.4 is 0 Å². The van der Waals surface area contributed by atoms with E-state index in [0.29, 0.717) is 24.4 Å². The Labute approximate surface area is 157 Å². The number of halogens is 2. The van der Waals surface area contributed by atoms with Crippen LogP contribution in [0.2, 0.25) is 0 Å². The van der Waals surface area contributed by atoms with Crippen molar-refractivity contribution in [1.82, 2.24) is 14.9 Å². The molecule has 2 aromatic rings. The molecule has 0 saturated carbocycles. The zero-order valence-corrected chi connectivity index (χ0v) is 16.1. The van der Waals surface area contributed by atoms with Gasteiger partial charge in [0.2, 0.25) is 0 Å². The summed E-state index contributed by atoms with van der Waals surface area (Å²) in [6.07, 6.45) is 0.357. The third-order valence-corrected chi connectivity index (χ3v) is 4.61. The summed E-state index contributed by atoms with van der Waals surface area (Å²) in [7, 11) is 0. The molecule has 1 fully saturated rings. The summed E-state index contributed by atoms with van der Waals surface area (Å²) in [5, 5.41) is 0. The molecule has 0 aliphatic carbocycles. The van der Waals surface area contributed by atoms with Crippen LogP contribution in [0, 0.1) is 12.7 Å². The van der Waals surface area contributed by atoms with Gasteiger partial charge in [-0.1, -0.05) is 0 Å². The number of carbonyl (C=O) groups excluding carboxylic acids is 1. The van der Waals surface area contributed by atoms with E-state index < -0.39 is 23.8 Å². The van der Waals surface area contributed by atoms with Gasteiger partial charge in [-0.15, -0.1) is 0 Å². The fourth-order valence-electron chi connectivity index (χ4n) is 3.19. The number of carbonyl (C=O) groups is 1. The molecule has 1 aliphatic heterocycles. The molecular formula is C20H25F2N3O2. The van der Waals surface area contributed by atoms with E-state index in [0.717, 1.165) is 11.3 Å². The lowest BCUT2D eigenvalue weighted by Gasteiger charge is -2.34. The molecule has 0 radical (unpaired) electrons. The molecule has 27 heavy (non-hydrogen) atoms. The molecule has 1 amide bonds. The number of imidazole rings is 1. The Balaban J connectivity index is 1.69. The Bertz CT molecular complexity index is 829. The number of aryl methyl sites for hydroxylation is 1. The number of amides is 1. The van der Waals surface area contributed by atoms with Gasteiger partial charge in [-0.05, 0) is 57.9 Å². The molecule has 1 N–H and O–H groups in total. The largest absolute Gasteiger partial charge is 0.444 e. The summed E-state index contributed by atoms with van der Waals surface area (Å²) in [5.74, 6) is -0.140. The van der Waals surface area contributed by atoms with E-state index in [9.17, 15) is 13.6 Å². The van der Waals surface area contributed by atoms with Gasteiger partial charge in [-0.25, -0.2) is 18.6 Å². The number of rotatable bonds is 2. The molecule has 2 atom stereocenters. The number of nitrogens with zero attached hydrogens (tertiary/aromatic N) is 2. The average Bonchev–Trinajstić information content (AvgIpc) is 3.05. The predicted molar refractivity (Wildman–Crippen MR) is 98.8 cm³/mol. The van der Waals surface area contributed by atoms with Crippen LogP contribution in [-0.2, 0) is 4.74 Å². The average molecular weight is 377 g/mol. The highest BCUT2D eigenvalue weighted by Gasteiger charge is 2.35. The molecule has 2 unspecified atom stereocenters. The number of alkyl halides is 1. The summed E-state index contributed by atoms with van der Waals surface area (Å²) in [6.45, 7) is 7.43. The summed E-state index contributed by atoms with van der Waals surface area (Å²) >= 11 is 0. The topological polar surface area (TPSA) is 58.2 Å². The molecule has 1 aromatic carbocycles. The molecular weight excluding hydrogens is 352 g/mol. The summed E-state index contributed by atoms with van der Waals surface area (Å²) < 4.78 is 33.5. The second-order valence-electron chi connectivity index (χ2n) is 7.98. The van der Waals surface area contributed by atoms with Gasteiger partial charge < -0.3 is 14.6 Å². The number of H-pyrrole nitrogens is 1. The van der Waals surface area contributed by atoms with Gasteiger partial charge in [0.05, 0.1) is 24.4 Å². The van der Waals surface area contributed by atoms with Gasteiger partial charge in [0.1, 0.15) is 23.4 Å². The lowest BCUT2D eigenvalue weighted by Crippen LogP contribution is -2.46. The molecule has 0 bridgehead atoms. The molecule has 146 valence electrons. The van der Waals surface area contributed by atoms with Gasteiger partial charge in [0.15, 0.2) is 0 Å². The maximum Gasteiger partial charge on any atom is 0.410 e. The summed E-state index contributed by atoms with van der Waals surface area (Å²) in [6, 6.07) is 4.80. The zero-order valence-electron chi connectivity index (χ0n) is 16.1. The minimum atomic E-state index is -1.24. The fourth-order valence-corrected chi connectivity index (χ4v) is 3.19. The number of benzene rings is 1. The van der Waals surface area contributed by atoms with Crippen molar-refractivity contribution in [3.05, 3.63) is 41.6 Å². The first-order valence-electron chi connectivity index (χ1n) is 9.07. The maximum absolute atomic E-state index is 14.7. The highest BCUT2D eigenvalue weighted by molar-refractivity contribution is 5.68. The first-order chi connectivity index (χ1) is 12.6. The predicted octanol–water partition coefficient (Wildman–Crippen LogP) is 4.59. The first-order valence-corrected chi connectivity index (χ1v) is 9.07. The van der Waals surface area contributed by atoms with Crippen LogP contribution in [0.4, 0.5) is 13.6 Å². The molecule has 0 spiro atoms. The molecule has 1 aliphatic rings. The van der Waals surface area contributed by atoms with Crippen LogP contribution in [0.5, 0.6) is 0 Å². The van der Waals surface area contributed by atoms with Crippen molar-refractivity contribution in [3.63, 3.8) is 0 Å². The van der Waals surface area contributed by atoms with E-state index >= 15 is 0 Å². The summed E-state index contributed by atoms with van der Waals surface area (Å²) in [5.41, 5.74) is 1.45. The van der Waals surface area contributed by atoms with E-state index in [1.165, 1.54) is 11.0 Å². The van der Waals surface area contributed by atoms with Gasteiger partial charge in [-0.3, -0.25) is 0 Å². The van der Waals surface area contributed by atoms with E-state index in [1.54, 1.807) is 46.0 Å². The van der Waals surface area contributed by atoms with Crippen LogP contribution in [0.15, 0.2) is 24.4 Å². The van der Waals surface area contributed by atoms with Crippen molar-refractivity contribution < 1.29 is 18.3 Å². The van der Waals surface area contributed by atoms with Crippen molar-refractivity contribution in [2.24, 2.45) is 0 Å². The Kier molecular flexibility index (Phi) is 5.22. The van der Waals surface area contributed by atoms with E-state index in [1.807, 2.05) is 0 Å². The Morgan fingerprint density at radius 2 is 2.11 bits per heavy atom. The highest BCUT2D eigenvalue weighted by Crippen LogP contribution is 2.31. The Morgan fingerprint density at radius 1 is 1.37 bits per heavy atom. The fraction of sp³-hybridized carbons (Fsp3) is 0.500. The van der Waals surface area contributed by atoms with Gasteiger partial charge in [0.25, 0.3) is 0 Å². The number of nitrogens with one attached hydrogen (secondary N) is 1. The highest BCUT2D eigenvalue weighted by atomic mass is 19.1. The SMILES string of the molecule is Cc1cc(-c2cnc(C3CCN(C(=O)OC(C)(C)C)CC3F)[nH]2)ccc1F. The third-order valence-electron chi connectivity index (χ3n) is 4.61. The van der Waals surface area contributed by atoms with E-state index in [4.69, 9.17) is 4.74 Å². The number of likely N-dealkylation sites (tertiary alicyclic amines) is 1. The lowest BCUT2D eigenvalue weighted by atomic mass is 9.94. The molecule has 5 nitrogen and oxygen atoms in total. The normalized spacial score (nSPS) is 20.6. The lowest BCUT2D eigenvalue weighted by molar-refractivity contribution is 0.0107. The molecule has 1 aromatic heterocycles. The van der Waals surface area contributed by atoms with Gasteiger partial charge in [-0.2, -0.15) is 0 Å². The quantitative estimate of drug-likeness (QED) is 0.833. The molecule has 7 heteroatoms. The van der Waals surface area contributed by atoms with Gasteiger partial charge >= 0.3 is 6.09 Å². The first kappa shape index (κ1) is 19.3. The van der Waals surface area contributed by atoms with Gasteiger partial charge in [0, 0.05) is 12.1 Å². The monoisotopic (exact) mass is 377 g/mol. The molecule has 2 heterocycles. The van der Waals surface area contributed by atoms with Crippen LogP contribution in [-0.4, -0.2) is 45.8 Å². The van der Waals surface area contributed by atoms with E-state index in [-0.39, 0.29) is 12.4 Å². The number of aromatic amines is 1. The molecule has 1 saturated heterocycles. The second kappa shape index (κ2) is 7.29.